The van der Waals surface area contributed by atoms with Crippen molar-refractivity contribution in [3.63, 3.8) is 0 Å². The molecular weight excluding hydrogens is 452 g/mol. The molecule has 0 atom stereocenters. The fraction of sp³-hybridized carbons (Fsp3) is 0.667. The van der Waals surface area contributed by atoms with Gasteiger partial charge in [-0.05, 0) is 35.4 Å². The largest absolute Gasteiger partial charge is 0.378 e. The normalized spacial score (nSPS) is 16.8. The number of anilines is 4. The summed E-state index contributed by atoms with van der Waals surface area (Å²) in [5.74, 6) is 2.43. The van der Waals surface area contributed by atoms with E-state index in [-0.39, 0.29) is 0 Å². The van der Waals surface area contributed by atoms with E-state index in [2.05, 4.69) is 50.3 Å². The number of nitrogens with one attached hydrogen (secondary N) is 2. The van der Waals surface area contributed by atoms with Gasteiger partial charge in [-0.3, -0.25) is 0 Å². The van der Waals surface area contributed by atoms with Gasteiger partial charge in [0.25, 0.3) is 0 Å². The van der Waals surface area contributed by atoms with Gasteiger partial charge in [-0.2, -0.15) is 29.9 Å². The molecule has 4 heterocycles. The molecule has 2 saturated heterocycles. The summed E-state index contributed by atoms with van der Waals surface area (Å²) in [6.45, 7) is 11.2. The van der Waals surface area contributed by atoms with Crippen LogP contribution in [0.5, 0.6) is 0 Å². The van der Waals surface area contributed by atoms with Gasteiger partial charge < -0.3 is 29.9 Å². The molecule has 4 rings (SSSR count). The van der Waals surface area contributed by atoms with Crippen LogP contribution in [-0.4, -0.2) is 95.6 Å². The Morgan fingerprint density at radius 1 is 0.656 bits per heavy atom. The Labute approximate surface area is 195 Å². The zero-order valence-electron chi connectivity index (χ0n) is 18.3. The zero-order chi connectivity index (χ0) is 22.2. The van der Waals surface area contributed by atoms with Crippen LogP contribution in [-0.2, 0) is 9.47 Å². The number of ether oxygens (including phenoxy) is 2. The summed E-state index contributed by atoms with van der Waals surface area (Å²) in [4.78, 5) is 31.8. The lowest BCUT2D eigenvalue weighted by atomic mass is 10.4. The van der Waals surface area contributed by atoms with E-state index in [0.29, 0.717) is 60.5 Å². The Kier molecular flexibility index (Phi) is 8.36. The van der Waals surface area contributed by atoms with Crippen LogP contribution >= 0.6 is 21.6 Å². The summed E-state index contributed by atoms with van der Waals surface area (Å²) in [5, 5.41) is 7.58. The van der Waals surface area contributed by atoms with E-state index in [4.69, 9.17) is 9.47 Å². The van der Waals surface area contributed by atoms with Gasteiger partial charge in [0.05, 0.1) is 26.4 Å². The van der Waals surface area contributed by atoms with Crippen LogP contribution in [0.25, 0.3) is 0 Å². The van der Waals surface area contributed by atoms with Gasteiger partial charge in [0.1, 0.15) is 0 Å². The van der Waals surface area contributed by atoms with Crippen molar-refractivity contribution < 1.29 is 9.47 Å². The topological polar surface area (TPSA) is 126 Å². The van der Waals surface area contributed by atoms with Crippen molar-refractivity contribution in [2.45, 2.75) is 24.2 Å². The van der Waals surface area contributed by atoms with Crippen LogP contribution in [0.4, 0.5) is 23.8 Å². The maximum absolute atomic E-state index is 5.45. The summed E-state index contributed by atoms with van der Waals surface area (Å²) < 4.78 is 10.9. The van der Waals surface area contributed by atoms with E-state index in [1.54, 1.807) is 0 Å². The molecule has 14 heteroatoms. The molecule has 2 aromatic heterocycles. The number of nitrogens with zero attached hydrogens (tertiary/aromatic N) is 8. The second kappa shape index (κ2) is 11.6. The van der Waals surface area contributed by atoms with Crippen molar-refractivity contribution >= 4 is 45.4 Å². The van der Waals surface area contributed by atoms with Crippen molar-refractivity contribution in [3.05, 3.63) is 0 Å². The highest BCUT2D eigenvalue weighted by Gasteiger charge is 2.19. The van der Waals surface area contributed by atoms with E-state index in [1.165, 1.54) is 21.6 Å². The van der Waals surface area contributed by atoms with E-state index in [0.717, 1.165) is 39.3 Å². The summed E-state index contributed by atoms with van der Waals surface area (Å²) in [7, 11) is 2.81. The van der Waals surface area contributed by atoms with Gasteiger partial charge in [0.15, 0.2) is 0 Å². The third kappa shape index (κ3) is 6.21. The summed E-state index contributed by atoms with van der Waals surface area (Å²) >= 11 is 0. The lowest BCUT2D eigenvalue weighted by Gasteiger charge is -2.27. The first-order valence-corrected chi connectivity index (χ1v) is 12.9. The number of hydrogen-bond acceptors (Lipinski definition) is 14. The molecule has 32 heavy (non-hydrogen) atoms. The molecule has 0 bridgehead atoms. The van der Waals surface area contributed by atoms with Crippen LogP contribution in [0.2, 0.25) is 0 Å². The average molecular weight is 481 g/mol. The van der Waals surface area contributed by atoms with Crippen LogP contribution in [0.1, 0.15) is 13.8 Å². The van der Waals surface area contributed by atoms with Crippen molar-refractivity contribution in [3.8, 4) is 0 Å². The van der Waals surface area contributed by atoms with Gasteiger partial charge in [0.2, 0.25) is 34.1 Å². The summed E-state index contributed by atoms with van der Waals surface area (Å²) in [6.07, 6.45) is 0. The molecular formula is C18H28N10O2S2. The van der Waals surface area contributed by atoms with E-state index in [9.17, 15) is 0 Å². The standard InChI is InChI=1S/C18H28N10O2S2/c1-3-19-13-21-15(27-5-9-29-10-6-27)25-17(23-13)31-32-18-24-14(20-4-2)22-16(26-18)28-7-11-30-12-8-28/h3-12H2,1-2H3,(H,19,21,23,25)(H,20,22,24,26). The van der Waals surface area contributed by atoms with Gasteiger partial charge >= 0.3 is 0 Å². The van der Waals surface area contributed by atoms with Crippen molar-refractivity contribution in [1.29, 1.82) is 0 Å². The molecule has 2 fully saturated rings. The third-order valence-electron chi connectivity index (χ3n) is 4.65. The smallest absolute Gasteiger partial charge is 0.231 e. The lowest BCUT2D eigenvalue weighted by molar-refractivity contribution is 0.122. The van der Waals surface area contributed by atoms with Crippen molar-refractivity contribution in [2.75, 3.05) is 86.1 Å². The molecule has 174 valence electrons. The van der Waals surface area contributed by atoms with Gasteiger partial charge in [-0.25, -0.2) is 0 Å². The highest BCUT2D eigenvalue weighted by Crippen LogP contribution is 2.35. The molecule has 2 aromatic rings. The first-order chi connectivity index (χ1) is 15.7. The molecule has 2 aliphatic rings. The quantitative estimate of drug-likeness (QED) is 0.502. The number of aromatic nitrogens is 6. The van der Waals surface area contributed by atoms with Gasteiger partial charge in [0, 0.05) is 39.3 Å². The number of rotatable bonds is 9. The fourth-order valence-electron chi connectivity index (χ4n) is 3.12. The minimum Gasteiger partial charge on any atom is -0.378 e. The Morgan fingerprint density at radius 3 is 1.44 bits per heavy atom. The average Bonchev–Trinajstić information content (AvgIpc) is 2.84. The molecule has 12 nitrogen and oxygen atoms in total. The number of hydrogen-bond donors (Lipinski definition) is 2. The van der Waals surface area contributed by atoms with Gasteiger partial charge in [-0.15, -0.1) is 0 Å². The predicted octanol–water partition coefficient (Wildman–Crippen LogP) is 1.39. The SMILES string of the molecule is CCNc1nc(SSc2nc(NCC)nc(N3CCOCC3)n2)nc(N2CCOCC2)n1. The van der Waals surface area contributed by atoms with Crippen LogP contribution < -0.4 is 20.4 Å². The van der Waals surface area contributed by atoms with Crippen LogP contribution in [0.15, 0.2) is 10.3 Å². The molecule has 2 aliphatic heterocycles. The van der Waals surface area contributed by atoms with Crippen LogP contribution in [0, 0.1) is 0 Å². The summed E-state index contributed by atoms with van der Waals surface area (Å²) in [6, 6.07) is 0. The Hall–Kier alpha value is -2.16. The monoisotopic (exact) mass is 480 g/mol. The molecule has 0 amide bonds. The maximum atomic E-state index is 5.45. The Morgan fingerprint density at radius 2 is 1.06 bits per heavy atom. The molecule has 0 spiro atoms. The van der Waals surface area contributed by atoms with E-state index >= 15 is 0 Å². The first-order valence-electron chi connectivity index (χ1n) is 10.7. The molecule has 2 N–H and O–H groups in total. The minimum absolute atomic E-state index is 0.560. The zero-order valence-corrected chi connectivity index (χ0v) is 19.9. The second-order valence-electron chi connectivity index (χ2n) is 6.91. The molecule has 0 unspecified atom stereocenters. The Bertz CT molecular complexity index is 809. The molecule has 0 saturated carbocycles. The highest BCUT2D eigenvalue weighted by atomic mass is 33.1. The summed E-state index contributed by atoms with van der Waals surface area (Å²) in [5.41, 5.74) is 0. The third-order valence-corrected chi connectivity index (χ3v) is 6.55. The lowest BCUT2D eigenvalue weighted by Crippen LogP contribution is -2.37. The van der Waals surface area contributed by atoms with Crippen LogP contribution in [0.3, 0.4) is 0 Å². The molecule has 0 aromatic carbocycles. The van der Waals surface area contributed by atoms with Crippen molar-refractivity contribution in [1.82, 2.24) is 29.9 Å². The maximum Gasteiger partial charge on any atom is 0.231 e. The fourth-order valence-corrected chi connectivity index (χ4v) is 4.65. The second-order valence-corrected chi connectivity index (χ2v) is 8.97. The minimum atomic E-state index is 0.560. The predicted molar refractivity (Wildman–Crippen MR) is 126 cm³/mol. The van der Waals surface area contributed by atoms with Crippen molar-refractivity contribution in [2.24, 2.45) is 0 Å². The van der Waals surface area contributed by atoms with E-state index < -0.39 is 0 Å². The molecule has 0 aliphatic carbocycles. The Balaban J connectivity index is 1.52. The highest BCUT2D eigenvalue weighted by molar-refractivity contribution is 8.76. The van der Waals surface area contributed by atoms with Gasteiger partial charge in [-0.1, -0.05) is 0 Å². The number of morpholine rings is 2. The van der Waals surface area contributed by atoms with E-state index in [1.807, 2.05) is 13.8 Å². The molecule has 0 radical (unpaired) electrons. The first kappa shape index (κ1) is 23.0.